The van der Waals surface area contributed by atoms with Gasteiger partial charge in [0, 0.05) is 12.0 Å². The van der Waals surface area contributed by atoms with E-state index in [-0.39, 0.29) is 17.4 Å². The number of hydrogen-bond donors (Lipinski definition) is 2. The van der Waals surface area contributed by atoms with Gasteiger partial charge in [-0.15, -0.1) is 0 Å². The number of rotatable bonds is 1. The van der Waals surface area contributed by atoms with Gasteiger partial charge >= 0.3 is 0 Å². The van der Waals surface area contributed by atoms with Crippen LogP contribution in [-0.4, -0.2) is 16.8 Å². The minimum atomic E-state index is -0.132. The van der Waals surface area contributed by atoms with Gasteiger partial charge in [-0.3, -0.25) is 0 Å². The average Bonchev–Trinajstić information content (AvgIpc) is 2.40. The van der Waals surface area contributed by atoms with Crippen LogP contribution >= 0.6 is 0 Å². The van der Waals surface area contributed by atoms with E-state index in [1.54, 1.807) is 6.07 Å². The Morgan fingerprint density at radius 1 is 1.05 bits per heavy atom. The Labute approximate surface area is 112 Å². The van der Waals surface area contributed by atoms with Crippen molar-refractivity contribution in [2.45, 2.75) is 19.3 Å². The van der Waals surface area contributed by atoms with E-state index in [2.05, 4.69) is 31.2 Å². The maximum atomic E-state index is 9.56. The standard InChI is InChI=1S/C16H16O3/c1-10-2-4-11(5-3-10)13-6-12-7-14(17)15(18)8-16(12)19-9-13/h2-5,7-8,13,17-18H,6,9H2,1H3/t13-/m0/s1. The van der Waals surface area contributed by atoms with Crippen LogP contribution in [0.5, 0.6) is 17.2 Å². The minimum absolute atomic E-state index is 0.0908. The molecule has 2 aromatic carbocycles. The van der Waals surface area contributed by atoms with E-state index in [1.807, 2.05) is 0 Å². The van der Waals surface area contributed by atoms with Gasteiger partial charge in [0.2, 0.25) is 0 Å². The summed E-state index contributed by atoms with van der Waals surface area (Å²) in [6.45, 7) is 2.66. The molecule has 3 heteroatoms. The molecule has 0 aromatic heterocycles. The highest BCUT2D eigenvalue weighted by atomic mass is 16.5. The highest BCUT2D eigenvalue weighted by Gasteiger charge is 2.22. The molecule has 0 spiro atoms. The summed E-state index contributed by atoms with van der Waals surface area (Å²) in [6, 6.07) is 11.5. The molecule has 0 unspecified atom stereocenters. The fourth-order valence-corrected chi connectivity index (χ4v) is 2.46. The minimum Gasteiger partial charge on any atom is -0.504 e. The molecule has 0 saturated carbocycles. The zero-order chi connectivity index (χ0) is 13.4. The van der Waals surface area contributed by atoms with Crippen LogP contribution in [0.4, 0.5) is 0 Å². The molecule has 1 heterocycles. The van der Waals surface area contributed by atoms with Crippen LogP contribution < -0.4 is 4.74 Å². The van der Waals surface area contributed by atoms with Crippen molar-refractivity contribution in [2.75, 3.05) is 6.61 Å². The summed E-state index contributed by atoms with van der Waals surface area (Å²) in [7, 11) is 0. The molecule has 1 atom stereocenters. The maximum absolute atomic E-state index is 9.56. The third-order valence-electron chi connectivity index (χ3n) is 3.61. The molecule has 0 amide bonds. The molecular formula is C16H16O3. The lowest BCUT2D eigenvalue weighted by Crippen LogP contribution is -2.19. The van der Waals surface area contributed by atoms with E-state index >= 15 is 0 Å². The smallest absolute Gasteiger partial charge is 0.161 e. The molecule has 19 heavy (non-hydrogen) atoms. The van der Waals surface area contributed by atoms with Gasteiger partial charge < -0.3 is 14.9 Å². The summed E-state index contributed by atoms with van der Waals surface area (Å²) in [5.74, 6) is 0.732. The van der Waals surface area contributed by atoms with Crippen LogP contribution in [0, 0.1) is 6.92 Å². The predicted molar refractivity (Wildman–Crippen MR) is 72.9 cm³/mol. The SMILES string of the molecule is Cc1ccc([C@@H]2COc3cc(O)c(O)cc3C2)cc1. The van der Waals surface area contributed by atoms with Gasteiger partial charge in [-0.1, -0.05) is 29.8 Å². The van der Waals surface area contributed by atoms with Crippen molar-refractivity contribution >= 4 is 0 Å². The molecule has 0 saturated heterocycles. The monoisotopic (exact) mass is 256 g/mol. The molecule has 1 aliphatic rings. The lowest BCUT2D eigenvalue weighted by atomic mass is 9.90. The summed E-state index contributed by atoms with van der Waals surface area (Å²) in [4.78, 5) is 0. The Bertz CT molecular complexity index is 602. The van der Waals surface area contributed by atoms with Crippen molar-refractivity contribution in [3.63, 3.8) is 0 Å². The van der Waals surface area contributed by atoms with Crippen molar-refractivity contribution in [1.29, 1.82) is 0 Å². The Morgan fingerprint density at radius 3 is 2.47 bits per heavy atom. The lowest BCUT2D eigenvalue weighted by Gasteiger charge is -2.26. The quantitative estimate of drug-likeness (QED) is 0.771. The molecule has 0 fully saturated rings. The first-order valence-corrected chi connectivity index (χ1v) is 6.37. The van der Waals surface area contributed by atoms with Gasteiger partial charge in [0.05, 0.1) is 6.61 Å². The number of ether oxygens (including phenoxy) is 1. The van der Waals surface area contributed by atoms with Crippen molar-refractivity contribution in [1.82, 2.24) is 0 Å². The number of aryl methyl sites for hydroxylation is 1. The first-order valence-electron chi connectivity index (χ1n) is 6.37. The van der Waals surface area contributed by atoms with Crippen LogP contribution in [0.2, 0.25) is 0 Å². The van der Waals surface area contributed by atoms with Gasteiger partial charge in [0.15, 0.2) is 11.5 Å². The van der Waals surface area contributed by atoms with E-state index in [9.17, 15) is 10.2 Å². The number of aromatic hydroxyl groups is 2. The fraction of sp³-hybridized carbons (Fsp3) is 0.250. The molecule has 1 aliphatic heterocycles. The zero-order valence-electron chi connectivity index (χ0n) is 10.8. The van der Waals surface area contributed by atoms with E-state index < -0.39 is 0 Å². The van der Waals surface area contributed by atoms with Crippen molar-refractivity contribution in [3.05, 3.63) is 53.1 Å². The van der Waals surface area contributed by atoms with Crippen LogP contribution in [0.1, 0.15) is 22.6 Å². The Balaban J connectivity index is 1.89. The summed E-state index contributed by atoms with van der Waals surface area (Å²) >= 11 is 0. The molecule has 98 valence electrons. The summed E-state index contributed by atoms with van der Waals surface area (Å²) in [6.07, 6.45) is 0.812. The van der Waals surface area contributed by atoms with Gasteiger partial charge in [-0.05, 0) is 30.5 Å². The Kier molecular flexibility index (Phi) is 2.82. The van der Waals surface area contributed by atoms with Gasteiger partial charge in [-0.25, -0.2) is 0 Å². The van der Waals surface area contributed by atoms with E-state index in [1.165, 1.54) is 17.2 Å². The highest BCUT2D eigenvalue weighted by Crippen LogP contribution is 2.38. The molecular weight excluding hydrogens is 240 g/mol. The number of fused-ring (bicyclic) bond motifs is 1. The second-order valence-electron chi connectivity index (χ2n) is 5.07. The lowest BCUT2D eigenvalue weighted by molar-refractivity contribution is 0.260. The Morgan fingerprint density at radius 2 is 1.74 bits per heavy atom. The molecule has 0 aliphatic carbocycles. The van der Waals surface area contributed by atoms with Gasteiger partial charge in [-0.2, -0.15) is 0 Å². The summed E-state index contributed by atoms with van der Waals surface area (Å²) < 4.78 is 5.69. The van der Waals surface area contributed by atoms with E-state index in [0.717, 1.165) is 12.0 Å². The van der Waals surface area contributed by atoms with E-state index in [4.69, 9.17) is 4.74 Å². The van der Waals surface area contributed by atoms with Crippen LogP contribution in [0.25, 0.3) is 0 Å². The third-order valence-corrected chi connectivity index (χ3v) is 3.61. The van der Waals surface area contributed by atoms with E-state index in [0.29, 0.717) is 12.4 Å². The van der Waals surface area contributed by atoms with Gasteiger partial charge in [0.25, 0.3) is 0 Å². The second kappa shape index (κ2) is 4.50. The number of phenolic OH excluding ortho intramolecular Hbond substituents is 2. The fourth-order valence-electron chi connectivity index (χ4n) is 2.46. The first kappa shape index (κ1) is 11.9. The third kappa shape index (κ3) is 2.24. The molecule has 2 N–H and O–H groups in total. The van der Waals surface area contributed by atoms with Crippen LogP contribution in [0.15, 0.2) is 36.4 Å². The molecule has 0 radical (unpaired) electrons. The Hall–Kier alpha value is -2.16. The number of benzene rings is 2. The van der Waals surface area contributed by atoms with Crippen molar-refractivity contribution in [2.24, 2.45) is 0 Å². The van der Waals surface area contributed by atoms with Crippen LogP contribution in [-0.2, 0) is 6.42 Å². The number of phenols is 2. The number of hydrogen-bond acceptors (Lipinski definition) is 3. The maximum Gasteiger partial charge on any atom is 0.161 e. The summed E-state index contributed by atoms with van der Waals surface area (Å²) in [5.41, 5.74) is 3.42. The van der Waals surface area contributed by atoms with Gasteiger partial charge in [0.1, 0.15) is 5.75 Å². The topological polar surface area (TPSA) is 49.7 Å². The first-order chi connectivity index (χ1) is 9.13. The zero-order valence-corrected chi connectivity index (χ0v) is 10.8. The molecule has 3 rings (SSSR count). The second-order valence-corrected chi connectivity index (χ2v) is 5.07. The highest BCUT2D eigenvalue weighted by molar-refractivity contribution is 5.50. The normalized spacial score (nSPS) is 17.6. The van der Waals surface area contributed by atoms with Crippen LogP contribution in [0.3, 0.4) is 0 Å². The van der Waals surface area contributed by atoms with Crippen molar-refractivity contribution < 1.29 is 14.9 Å². The average molecular weight is 256 g/mol. The molecule has 0 bridgehead atoms. The van der Waals surface area contributed by atoms with Crippen molar-refractivity contribution in [3.8, 4) is 17.2 Å². The largest absolute Gasteiger partial charge is 0.504 e. The predicted octanol–water partition coefficient (Wildman–Crippen LogP) is 3.12. The molecule has 2 aromatic rings. The summed E-state index contributed by atoms with van der Waals surface area (Å²) in [5, 5.41) is 19.0. The molecule has 3 nitrogen and oxygen atoms in total.